The van der Waals surface area contributed by atoms with Gasteiger partial charge in [-0.15, -0.1) is 9.42 Å². The van der Waals surface area contributed by atoms with E-state index in [0.717, 1.165) is 186 Å². The van der Waals surface area contributed by atoms with E-state index in [-0.39, 0.29) is 32.1 Å². The Morgan fingerprint density at radius 3 is 1.29 bits per heavy atom. The van der Waals surface area contributed by atoms with Gasteiger partial charge in [0, 0.05) is 17.4 Å². The summed E-state index contributed by atoms with van der Waals surface area (Å²) in [7, 11) is -22.3. The zero-order chi connectivity index (χ0) is 110. The van der Waals surface area contributed by atoms with Crippen LogP contribution in [-0.2, 0) is 122 Å². The molecule has 5 aliphatic heterocycles. The number of ether oxygens (including phenoxy) is 11. The van der Waals surface area contributed by atoms with E-state index in [0.29, 0.717) is 64.2 Å². The molecule has 32 atom stereocenters. The quantitative estimate of drug-likeness (QED) is 0.0134. The standard InChI is InChI=1S/C95H174N2O47P4/c1-6-11-16-21-25-28-32-37-41-45-60(101)50-70(106)96-75-87(135-73(109)51-61(102)46-40-35-20-15-10-5)78(112)68(133-91(75)143-147(124,125)126)58-129-90-76(97-71(107)53-63(48-43-38-33-29-26-22-17-12-7-2)131-72(108)49-44-39-34-30-27-23-18-13-8-3)88(136-74(110)52-62(103)47-42-36-31-24-19-14-9-4)86(141-146(121,122)123)69(134-90)59-130-95(94(117)118)54-66(140-145(119)120)85(84(139-95)65(105)56-99)138-92-82(116)89(81(115)83(137-92)64(104)55-98)142-148(127,128)144-93-80(114)79(113)77(111)67(57-100)132-93/h60-69,75-93,98-105,111-116H,6-59H2,1-5H3,(H8-,96,97,106,107,117,118,119,120,121,122,123,124,125,126,127,128)/p+1/t60-,61-,62-,63-,64?,65?,66-,67-,68-,69-,75-,76-,77-,78-,79+,80-,81-,82+,83-,84-,85-,86-,87-,88-,89+,90-,91-,92-,93-,95-/m1/s1. The molecule has 4 unspecified atom stereocenters. The molecule has 5 fully saturated rings. The van der Waals surface area contributed by atoms with Gasteiger partial charge in [-0.2, -0.15) is 0 Å². The van der Waals surface area contributed by atoms with Crippen molar-refractivity contribution in [1.82, 2.24) is 10.6 Å². The minimum absolute atomic E-state index is 0.0402. The Balaban J connectivity index is 1.75. The number of aliphatic hydroxyl groups excluding tert-OH is 14. The highest BCUT2D eigenvalue weighted by Gasteiger charge is 2.63. The van der Waals surface area contributed by atoms with Crippen LogP contribution in [0.4, 0.5) is 0 Å². The van der Waals surface area contributed by atoms with E-state index >= 15 is 4.79 Å². The number of aliphatic carboxylic acids is 1. The third kappa shape index (κ3) is 50.0. The monoisotopic (exact) mass is 2220 g/mol. The number of unbranched alkanes of at least 4 members (excludes halogenated alkanes) is 34. The van der Waals surface area contributed by atoms with Crippen LogP contribution in [0.15, 0.2) is 0 Å². The number of carboxylic acid groups (broad SMARTS) is 1. The van der Waals surface area contributed by atoms with Gasteiger partial charge in [-0.05, 0) is 38.5 Å². The van der Waals surface area contributed by atoms with E-state index in [1.54, 1.807) is 0 Å². The molecule has 148 heavy (non-hydrogen) atoms. The number of nitrogens with one attached hydrogen (secondary N) is 2. The van der Waals surface area contributed by atoms with Crippen molar-refractivity contribution >= 4 is 67.4 Å². The molecule has 5 aliphatic rings. The van der Waals surface area contributed by atoms with Gasteiger partial charge >= 0.3 is 55.6 Å². The number of hydrogen-bond donors (Lipinski definition) is 23. The van der Waals surface area contributed by atoms with E-state index < -0.39 is 316 Å². The molecule has 0 aromatic rings. The Morgan fingerprint density at radius 1 is 0.405 bits per heavy atom. The minimum atomic E-state index is -6.24. The third-order valence-corrected chi connectivity index (χ3v) is 29.2. The third-order valence-electron chi connectivity index (χ3n) is 26.8. The molecule has 0 aromatic carbocycles. The maximum Gasteiger partial charge on any atom is 0.695 e. The molecule has 23 N–H and O–H groups in total. The van der Waals surface area contributed by atoms with Crippen LogP contribution >= 0.6 is 31.7 Å². The average Bonchev–Trinajstić information content (AvgIpc) is 0.750. The zero-order valence-electron chi connectivity index (χ0n) is 86.2. The fourth-order valence-electron chi connectivity index (χ4n) is 18.6. The first-order valence-corrected chi connectivity index (χ1v) is 58.9. The number of carboxylic acids is 1. The maximum atomic E-state index is 15.5. The van der Waals surface area contributed by atoms with E-state index in [1.807, 2.05) is 13.8 Å². The number of aliphatic hydroxyl groups is 14. The van der Waals surface area contributed by atoms with Crippen molar-refractivity contribution in [2.45, 2.75) is 533 Å². The van der Waals surface area contributed by atoms with Gasteiger partial charge in [0.1, 0.15) is 116 Å². The fourth-order valence-corrected chi connectivity index (χ4v) is 21.1. The predicted molar refractivity (Wildman–Crippen MR) is 523 cm³/mol. The van der Waals surface area contributed by atoms with Gasteiger partial charge in [-0.1, -0.05) is 272 Å². The number of phosphoric acid groups is 3. The number of rotatable bonds is 81. The lowest BCUT2D eigenvalue weighted by Gasteiger charge is -2.49. The van der Waals surface area contributed by atoms with Crippen molar-refractivity contribution in [3.63, 3.8) is 0 Å². The summed E-state index contributed by atoms with van der Waals surface area (Å²) in [5, 5.41) is 172. The van der Waals surface area contributed by atoms with Crippen LogP contribution in [-0.4, -0.2) is 358 Å². The molecule has 0 spiro atoms. The molecule has 49 nitrogen and oxygen atoms in total. The Bertz CT molecular complexity index is 3850. The molecule has 0 aliphatic carbocycles. The molecule has 0 saturated carbocycles. The highest BCUT2D eigenvalue weighted by atomic mass is 31.2. The summed E-state index contributed by atoms with van der Waals surface area (Å²) >= 11 is 0. The normalized spacial score (nSPS) is 29.4. The smallest absolute Gasteiger partial charge is 0.477 e. The number of amides is 2. The Labute approximate surface area is 867 Å². The van der Waals surface area contributed by atoms with Gasteiger partial charge in [0.05, 0.1) is 77.0 Å². The Kier molecular flexibility index (Phi) is 65.8. The minimum Gasteiger partial charge on any atom is -0.477 e. The molecule has 53 heteroatoms. The van der Waals surface area contributed by atoms with Crippen LogP contribution in [0.3, 0.4) is 0 Å². The molecule has 5 rings (SSSR count). The van der Waals surface area contributed by atoms with Crippen LogP contribution in [0.1, 0.15) is 349 Å². The first-order chi connectivity index (χ1) is 70.3. The van der Waals surface area contributed by atoms with E-state index in [9.17, 15) is 148 Å². The van der Waals surface area contributed by atoms with Crippen LogP contribution in [0.2, 0.25) is 0 Å². The van der Waals surface area contributed by atoms with Gasteiger partial charge in [0.15, 0.2) is 43.5 Å². The molecule has 5 heterocycles. The SMILES string of the molecule is CCCCCCCCCCCC(=O)O[C@H](CCCCCCCCCCC)CC(=O)N[C@H]1[C@H](OC[C@H]2O[C@H](OP(=O)(O)O)[C@H](NC(=O)C[C@H](O)CCCCCCCCCCC)[C@@H](OC(=O)C[C@H](O)CCCCCCC)[C@@H]2O)O[C@H](CO[C@]2(C(=O)O)C[C@@H](O[P+](=O)O)[C@@H](O[C@H]3O[C@H](C(O)CO)[C@@H](O)[C@H](OP(=O)(O)O[C@H]4O[C@H](CO)[C@@H](O)[C@H](O)[C@H]4O)[C@@H]3O)[C@@H](C(O)CO)O2)[C@@H](OP(=O)(O)O)[C@@H]1OC(=O)C[C@H](O)CCCCCCCCC. The van der Waals surface area contributed by atoms with Crippen LogP contribution in [0.5, 0.6) is 0 Å². The predicted octanol–water partition coefficient (Wildman–Crippen LogP) is 6.47. The molecular weight excluding hydrogens is 2040 g/mol. The van der Waals surface area contributed by atoms with Crippen molar-refractivity contribution in [1.29, 1.82) is 0 Å². The summed E-state index contributed by atoms with van der Waals surface area (Å²) < 4.78 is 146. The molecule has 0 radical (unpaired) electrons. The second kappa shape index (κ2) is 72.3. The molecular formula is C95H175N2O47P4+. The summed E-state index contributed by atoms with van der Waals surface area (Å²) in [6.07, 6.45) is -34.6. The van der Waals surface area contributed by atoms with Crippen molar-refractivity contribution in [3.05, 3.63) is 0 Å². The largest absolute Gasteiger partial charge is 0.695 e. The lowest BCUT2D eigenvalue weighted by atomic mass is 9.91. The first kappa shape index (κ1) is 135. The number of hydrogen-bond acceptors (Lipinski definition) is 40. The summed E-state index contributed by atoms with van der Waals surface area (Å²) in [4.78, 5) is 153. The summed E-state index contributed by atoms with van der Waals surface area (Å²) in [6, 6.07) is -4.52. The highest BCUT2D eigenvalue weighted by Crippen LogP contribution is 2.52. The maximum absolute atomic E-state index is 15.5. The van der Waals surface area contributed by atoms with E-state index in [4.69, 9.17) is 74.7 Å². The highest BCUT2D eigenvalue weighted by molar-refractivity contribution is 7.47. The Hall–Kier alpha value is -3.71. The second-order valence-corrected chi connectivity index (χ2v) is 43.8. The molecule has 0 aromatic heterocycles. The summed E-state index contributed by atoms with van der Waals surface area (Å²) in [6.45, 7) is 3.28. The van der Waals surface area contributed by atoms with Crippen molar-refractivity contribution < 1.29 is 228 Å². The first-order valence-electron chi connectivity index (χ1n) is 53.3. The molecule has 2 amide bonds. The molecule has 866 valence electrons. The fraction of sp³-hybridized carbons (Fsp3) is 0.937. The summed E-state index contributed by atoms with van der Waals surface area (Å²) in [5.74, 6) is -11.7. The van der Waals surface area contributed by atoms with Gasteiger partial charge in [-0.25, -0.2) is 18.5 Å². The van der Waals surface area contributed by atoms with Gasteiger partial charge in [0.25, 0.3) is 5.79 Å². The van der Waals surface area contributed by atoms with Gasteiger partial charge in [-0.3, -0.25) is 42.1 Å². The van der Waals surface area contributed by atoms with Gasteiger partial charge < -0.3 is 164 Å². The van der Waals surface area contributed by atoms with E-state index in [1.165, 1.54) is 0 Å². The number of esters is 3. The lowest BCUT2D eigenvalue weighted by molar-refractivity contribution is -0.371. The zero-order valence-corrected chi connectivity index (χ0v) is 89.8. The van der Waals surface area contributed by atoms with E-state index in [2.05, 4.69) is 31.4 Å². The average molecular weight is 2220 g/mol. The van der Waals surface area contributed by atoms with Crippen molar-refractivity contribution in [2.75, 3.05) is 33.0 Å². The number of phosphoric ester groups is 3. The molecule has 5 saturated heterocycles. The number of carbonyl (C=O) groups excluding carboxylic acids is 5. The molecule has 0 bridgehead atoms. The van der Waals surface area contributed by atoms with Crippen LogP contribution in [0.25, 0.3) is 0 Å². The topological polar surface area (TPSA) is 767 Å². The van der Waals surface area contributed by atoms with Gasteiger partial charge in [0.2, 0.25) is 11.8 Å². The van der Waals surface area contributed by atoms with Crippen LogP contribution < -0.4 is 10.6 Å². The van der Waals surface area contributed by atoms with Crippen LogP contribution in [0, 0.1) is 0 Å². The Morgan fingerprint density at radius 2 is 0.831 bits per heavy atom. The second-order valence-electron chi connectivity index (χ2n) is 39.4. The summed E-state index contributed by atoms with van der Waals surface area (Å²) in [5.41, 5.74) is 0. The van der Waals surface area contributed by atoms with Crippen molar-refractivity contribution in [2.24, 2.45) is 0 Å². The lowest BCUT2D eigenvalue weighted by Crippen LogP contribution is -2.69. The number of carbonyl (C=O) groups is 6. The van der Waals surface area contributed by atoms with Crippen molar-refractivity contribution in [3.8, 4) is 0 Å².